The lowest BCUT2D eigenvalue weighted by atomic mass is 9.89. The molecule has 0 saturated carbocycles. The van der Waals surface area contributed by atoms with Gasteiger partial charge in [-0.05, 0) is 35.7 Å². The molecule has 0 bridgehead atoms. The Bertz CT molecular complexity index is 643. The summed E-state index contributed by atoms with van der Waals surface area (Å²) in [6.07, 6.45) is 1.15. The van der Waals surface area contributed by atoms with Gasteiger partial charge in [0.2, 0.25) is 9.76 Å². The van der Waals surface area contributed by atoms with Crippen molar-refractivity contribution in [3.8, 4) is 5.75 Å². The van der Waals surface area contributed by atoms with E-state index in [1.54, 1.807) is 0 Å². The van der Waals surface area contributed by atoms with Gasteiger partial charge in [-0.1, -0.05) is 78.9 Å². The molecule has 0 N–H and O–H groups in total. The molecule has 0 atom stereocenters. The maximum absolute atomic E-state index is 5.97. The van der Waals surface area contributed by atoms with Gasteiger partial charge in [0, 0.05) is 5.92 Å². The summed E-state index contributed by atoms with van der Waals surface area (Å²) in [6.45, 7) is 0. The molecule has 0 fully saturated rings. The predicted molar refractivity (Wildman–Crippen MR) is 99.8 cm³/mol. The molecule has 3 rings (SSSR count). The van der Waals surface area contributed by atoms with Gasteiger partial charge in [-0.25, -0.2) is 0 Å². The van der Waals surface area contributed by atoms with Crippen molar-refractivity contribution in [2.24, 2.45) is 0 Å². The molecule has 2 heteroatoms. The van der Waals surface area contributed by atoms with Crippen LogP contribution < -0.4 is 4.43 Å². The predicted octanol–water partition coefficient (Wildman–Crippen LogP) is 4.79. The molecular formula is C21H22OSi. The van der Waals surface area contributed by atoms with Crippen molar-refractivity contribution < 1.29 is 4.43 Å². The SMILES string of the molecule is c1ccc(O[SiH2]CCC(c2ccccc2)c2ccccc2)cc1. The molecule has 0 unspecified atom stereocenters. The highest BCUT2D eigenvalue weighted by molar-refractivity contribution is 6.28. The number of rotatable bonds is 7. The van der Waals surface area contributed by atoms with Crippen molar-refractivity contribution in [2.45, 2.75) is 18.4 Å². The topological polar surface area (TPSA) is 9.23 Å². The van der Waals surface area contributed by atoms with E-state index in [2.05, 4.69) is 60.7 Å². The van der Waals surface area contributed by atoms with E-state index in [-0.39, 0.29) is 0 Å². The Morgan fingerprint density at radius 3 is 1.65 bits per heavy atom. The number of hydrogen-bond donors (Lipinski definition) is 0. The van der Waals surface area contributed by atoms with Crippen LogP contribution in [0.4, 0.5) is 0 Å². The van der Waals surface area contributed by atoms with Gasteiger partial charge >= 0.3 is 0 Å². The monoisotopic (exact) mass is 318 g/mol. The van der Waals surface area contributed by atoms with Crippen molar-refractivity contribution in [1.29, 1.82) is 0 Å². The molecule has 0 saturated heterocycles. The van der Waals surface area contributed by atoms with E-state index in [0.29, 0.717) is 5.92 Å². The summed E-state index contributed by atoms with van der Waals surface area (Å²) < 4.78 is 5.97. The zero-order valence-electron chi connectivity index (χ0n) is 13.3. The van der Waals surface area contributed by atoms with Crippen LogP contribution in [0, 0.1) is 0 Å². The second-order valence-electron chi connectivity index (χ2n) is 5.68. The average molecular weight is 318 g/mol. The van der Waals surface area contributed by atoms with Crippen LogP contribution in [0.1, 0.15) is 23.5 Å². The van der Waals surface area contributed by atoms with Crippen LogP contribution in [0.15, 0.2) is 91.0 Å². The summed E-state index contributed by atoms with van der Waals surface area (Å²) in [5.41, 5.74) is 2.79. The summed E-state index contributed by atoms with van der Waals surface area (Å²) in [4.78, 5) is 0. The Hall–Kier alpha value is -2.32. The van der Waals surface area contributed by atoms with Crippen LogP contribution in [0.5, 0.6) is 5.75 Å². The molecule has 0 amide bonds. The third-order valence-electron chi connectivity index (χ3n) is 4.05. The minimum atomic E-state index is -0.540. The largest absolute Gasteiger partial charge is 0.549 e. The number of hydrogen-bond acceptors (Lipinski definition) is 1. The maximum atomic E-state index is 5.97. The zero-order valence-corrected chi connectivity index (χ0v) is 14.7. The Kier molecular flexibility index (Phi) is 5.65. The van der Waals surface area contributed by atoms with Crippen molar-refractivity contribution in [3.05, 3.63) is 102 Å². The first-order chi connectivity index (χ1) is 11.4. The van der Waals surface area contributed by atoms with Gasteiger partial charge in [0.25, 0.3) is 0 Å². The van der Waals surface area contributed by atoms with Crippen molar-refractivity contribution >= 4 is 9.76 Å². The first-order valence-corrected chi connectivity index (χ1v) is 9.79. The maximum Gasteiger partial charge on any atom is 0.219 e. The minimum absolute atomic E-state index is 0.462. The highest BCUT2D eigenvalue weighted by Crippen LogP contribution is 2.29. The Labute approximate surface area is 140 Å². The van der Waals surface area contributed by atoms with Crippen molar-refractivity contribution in [2.75, 3.05) is 0 Å². The Morgan fingerprint density at radius 2 is 1.13 bits per heavy atom. The highest BCUT2D eigenvalue weighted by atomic mass is 28.2. The molecular weight excluding hydrogens is 296 g/mol. The van der Waals surface area contributed by atoms with Crippen molar-refractivity contribution in [1.82, 2.24) is 0 Å². The van der Waals surface area contributed by atoms with E-state index in [1.807, 2.05) is 30.3 Å². The summed E-state index contributed by atoms with van der Waals surface area (Å²) >= 11 is 0. The van der Waals surface area contributed by atoms with E-state index < -0.39 is 9.76 Å². The van der Waals surface area contributed by atoms with E-state index >= 15 is 0 Å². The fraction of sp³-hybridized carbons (Fsp3) is 0.143. The normalized spacial score (nSPS) is 11.2. The average Bonchev–Trinajstić information content (AvgIpc) is 2.64. The van der Waals surface area contributed by atoms with E-state index in [9.17, 15) is 0 Å². The van der Waals surface area contributed by atoms with Gasteiger partial charge in [-0.2, -0.15) is 0 Å². The summed E-state index contributed by atoms with van der Waals surface area (Å²) in [5, 5.41) is 0. The quantitative estimate of drug-likeness (QED) is 0.449. The lowest BCUT2D eigenvalue weighted by Crippen LogP contribution is -2.06. The summed E-state index contributed by atoms with van der Waals surface area (Å²) in [7, 11) is -0.540. The molecule has 0 radical (unpaired) electrons. The molecule has 116 valence electrons. The van der Waals surface area contributed by atoms with Gasteiger partial charge in [0.05, 0.1) is 0 Å². The summed E-state index contributed by atoms with van der Waals surface area (Å²) in [5.74, 6) is 1.47. The lowest BCUT2D eigenvalue weighted by Gasteiger charge is -2.18. The Morgan fingerprint density at radius 1 is 0.652 bits per heavy atom. The molecule has 0 aromatic heterocycles. The van der Waals surface area contributed by atoms with Crippen LogP contribution in [0.3, 0.4) is 0 Å². The van der Waals surface area contributed by atoms with Gasteiger partial charge in [-0.3, -0.25) is 0 Å². The standard InChI is InChI=1S/C21H22OSi/c1-4-10-18(11-5-1)21(19-12-6-2-7-13-19)16-17-23-22-20-14-8-3-9-15-20/h1-15,21H,16-17,23H2. The smallest absolute Gasteiger partial charge is 0.219 e. The Balaban J connectivity index is 1.63. The van der Waals surface area contributed by atoms with E-state index in [0.717, 1.165) is 12.2 Å². The minimum Gasteiger partial charge on any atom is -0.549 e. The van der Waals surface area contributed by atoms with Crippen LogP contribution in [-0.2, 0) is 0 Å². The van der Waals surface area contributed by atoms with Crippen LogP contribution in [-0.4, -0.2) is 9.76 Å². The lowest BCUT2D eigenvalue weighted by molar-refractivity contribution is 0.584. The van der Waals surface area contributed by atoms with Gasteiger partial charge < -0.3 is 4.43 Å². The summed E-state index contributed by atoms with van der Waals surface area (Å²) in [6, 6.07) is 32.9. The van der Waals surface area contributed by atoms with E-state index in [1.165, 1.54) is 17.2 Å². The van der Waals surface area contributed by atoms with Crippen LogP contribution in [0.25, 0.3) is 0 Å². The number of benzene rings is 3. The first-order valence-electron chi connectivity index (χ1n) is 8.21. The second kappa shape index (κ2) is 8.35. The third kappa shape index (κ3) is 4.57. The van der Waals surface area contributed by atoms with Gasteiger partial charge in [-0.15, -0.1) is 0 Å². The third-order valence-corrected chi connectivity index (χ3v) is 5.29. The molecule has 0 aliphatic rings. The van der Waals surface area contributed by atoms with Gasteiger partial charge in [0.1, 0.15) is 5.75 Å². The highest BCUT2D eigenvalue weighted by Gasteiger charge is 2.13. The molecule has 0 heterocycles. The second-order valence-corrected chi connectivity index (χ2v) is 7.08. The molecule has 3 aromatic rings. The molecule has 0 aliphatic heterocycles. The van der Waals surface area contributed by atoms with Crippen LogP contribution >= 0.6 is 0 Å². The van der Waals surface area contributed by atoms with Crippen molar-refractivity contribution in [3.63, 3.8) is 0 Å². The molecule has 3 aromatic carbocycles. The number of para-hydroxylation sites is 1. The zero-order chi connectivity index (χ0) is 15.7. The fourth-order valence-corrected chi connectivity index (χ4v) is 4.04. The van der Waals surface area contributed by atoms with E-state index in [4.69, 9.17) is 4.43 Å². The molecule has 0 spiro atoms. The molecule has 1 nitrogen and oxygen atoms in total. The fourth-order valence-electron chi connectivity index (χ4n) is 2.89. The molecule has 0 aliphatic carbocycles. The molecule has 23 heavy (non-hydrogen) atoms. The van der Waals surface area contributed by atoms with Crippen LogP contribution in [0.2, 0.25) is 6.04 Å². The first kappa shape index (κ1) is 15.6. The van der Waals surface area contributed by atoms with Gasteiger partial charge in [0.15, 0.2) is 0 Å².